The van der Waals surface area contributed by atoms with Crippen LogP contribution in [0.15, 0.2) is 24.3 Å². The lowest BCUT2D eigenvalue weighted by Gasteiger charge is -2.09. The summed E-state index contributed by atoms with van der Waals surface area (Å²) in [4.78, 5) is 23.0. The molecule has 0 fully saturated rings. The number of hydrogen-bond donors (Lipinski definition) is 0. The highest BCUT2D eigenvalue weighted by molar-refractivity contribution is 6.05. The van der Waals surface area contributed by atoms with E-state index in [2.05, 4.69) is 0 Å². The average molecular weight is 220 g/mol. The molecule has 0 aliphatic carbocycles. The largest absolute Gasteiger partial charge is 0.462 e. The van der Waals surface area contributed by atoms with Crippen molar-refractivity contribution >= 4 is 11.8 Å². The molecule has 16 heavy (non-hydrogen) atoms. The molecule has 0 amide bonds. The van der Waals surface area contributed by atoms with Gasteiger partial charge >= 0.3 is 5.97 Å². The first-order valence-corrected chi connectivity index (χ1v) is 5.29. The van der Waals surface area contributed by atoms with Crippen molar-refractivity contribution in [3.05, 3.63) is 35.4 Å². The molecular formula is C13H16O3. The van der Waals surface area contributed by atoms with Gasteiger partial charge in [-0.1, -0.05) is 32.0 Å². The van der Waals surface area contributed by atoms with Gasteiger partial charge in [0.25, 0.3) is 0 Å². The zero-order valence-electron chi connectivity index (χ0n) is 9.82. The Bertz CT molecular complexity index is 394. The van der Waals surface area contributed by atoms with Crippen molar-refractivity contribution in [1.29, 1.82) is 0 Å². The van der Waals surface area contributed by atoms with E-state index >= 15 is 0 Å². The van der Waals surface area contributed by atoms with Crippen LogP contribution in [0, 0.1) is 5.92 Å². The third-order valence-corrected chi connectivity index (χ3v) is 2.07. The smallest absolute Gasteiger partial charge is 0.338 e. The van der Waals surface area contributed by atoms with E-state index in [1.165, 1.54) is 6.92 Å². The molecule has 1 aromatic carbocycles. The molecule has 1 rings (SSSR count). The standard InChI is InChI=1S/C13H16O3/c1-9(2)8-16-13(15)12-7-5-4-6-11(12)10(3)14/h4-7,9H,8H2,1-3H3. The summed E-state index contributed by atoms with van der Waals surface area (Å²) in [5.74, 6) is -0.273. The number of hydrogen-bond acceptors (Lipinski definition) is 3. The Kier molecular flexibility index (Phi) is 4.23. The second kappa shape index (κ2) is 5.45. The number of ketones is 1. The van der Waals surface area contributed by atoms with Crippen molar-refractivity contribution in [2.24, 2.45) is 5.92 Å². The highest BCUT2D eigenvalue weighted by Crippen LogP contribution is 2.11. The highest BCUT2D eigenvalue weighted by atomic mass is 16.5. The number of ether oxygens (including phenoxy) is 1. The second-order valence-electron chi connectivity index (χ2n) is 4.09. The van der Waals surface area contributed by atoms with Crippen LogP contribution in [0.5, 0.6) is 0 Å². The third kappa shape index (κ3) is 3.19. The fourth-order valence-corrected chi connectivity index (χ4v) is 1.29. The van der Waals surface area contributed by atoms with Crippen molar-refractivity contribution in [3.8, 4) is 0 Å². The quantitative estimate of drug-likeness (QED) is 0.578. The van der Waals surface area contributed by atoms with Gasteiger partial charge in [-0.05, 0) is 18.9 Å². The Morgan fingerprint density at radius 2 is 1.75 bits per heavy atom. The van der Waals surface area contributed by atoms with Crippen LogP contribution in [-0.4, -0.2) is 18.4 Å². The normalized spacial score (nSPS) is 10.2. The van der Waals surface area contributed by atoms with Gasteiger partial charge in [-0.2, -0.15) is 0 Å². The second-order valence-corrected chi connectivity index (χ2v) is 4.09. The van der Waals surface area contributed by atoms with Crippen molar-refractivity contribution in [1.82, 2.24) is 0 Å². The van der Waals surface area contributed by atoms with Crippen LogP contribution in [-0.2, 0) is 4.74 Å². The molecule has 3 nitrogen and oxygen atoms in total. The van der Waals surface area contributed by atoms with Gasteiger partial charge < -0.3 is 4.74 Å². The Morgan fingerprint density at radius 3 is 2.25 bits per heavy atom. The minimum Gasteiger partial charge on any atom is -0.462 e. The van der Waals surface area contributed by atoms with Gasteiger partial charge in [-0.25, -0.2) is 4.79 Å². The number of carbonyl (C=O) groups is 2. The van der Waals surface area contributed by atoms with Crippen LogP contribution in [0.4, 0.5) is 0 Å². The van der Waals surface area contributed by atoms with E-state index in [9.17, 15) is 9.59 Å². The predicted octanol–water partition coefficient (Wildman–Crippen LogP) is 2.70. The molecule has 0 atom stereocenters. The van der Waals surface area contributed by atoms with E-state index in [-0.39, 0.29) is 11.7 Å². The zero-order chi connectivity index (χ0) is 12.1. The topological polar surface area (TPSA) is 43.4 Å². The van der Waals surface area contributed by atoms with E-state index in [1.807, 2.05) is 13.8 Å². The number of Topliss-reactive ketones (excluding diaryl/α,β-unsaturated/α-hetero) is 1. The lowest BCUT2D eigenvalue weighted by molar-refractivity contribution is 0.0456. The van der Waals surface area contributed by atoms with Gasteiger partial charge in [0, 0.05) is 5.56 Å². The van der Waals surface area contributed by atoms with Crippen molar-refractivity contribution in [2.75, 3.05) is 6.61 Å². The third-order valence-electron chi connectivity index (χ3n) is 2.07. The molecule has 0 bridgehead atoms. The average Bonchev–Trinajstić information content (AvgIpc) is 2.25. The van der Waals surface area contributed by atoms with Crippen LogP contribution in [0.1, 0.15) is 41.5 Å². The van der Waals surface area contributed by atoms with E-state index in [0.29, 0.717) is 17.7 Å². The Labute approximate surface area is 95.4 Å². The molecule has 3 heteroatoms. The summed E-state index contributed by atoms with van der Waals surface area (Å²) in [5.41, 5.74) is 0.756. The van der Waals surface area contributed by atoms with Crippen LogP contribution in [0.2, 0.25) is 0 Å². The number of rotatable bonds is 4. The lowest BCUT2D eigenvalue weighted by Crippen LogP contribution is -2.13. The monoisotopic (exact) mass is 220 g/mol. The highest BCUT2D eigenvalue weighted by Gasteiger charge is 2.15. The minimum atomic E-state index is -0.431. The molecule has 0 heterocycles. The van der Waals surface area contributed by atoms with Crippen LogP contribution >= 0.6 is 0 Å². The molecule has 0 aliphatic heterocycles. The number of benzene rings is 1. The fourth-order valence-electron chi connectivity index (χ4n) is 1.29. The van der Waals surface area contributed by atoms with Gasteiger partial charge in [-0.15, -0.1) is 0 Å². The summed E-state index contributed by atoms with van der Waals surface area (Å²) < 4.78 is 5.09. The zero-order valence-corrected chi connectivity index (χ0v) is 9.82. The summed E-state index contributed by atoms with van der Waals surface area (Å²) in [7, 11) is 0. The van der Waals surface area contributed by atoms with Gasteiger partial charge in [0.05, 0.1) is 12.2 Å². The van der Waals surface area contributed by atoms with Crippen molar-refractivity contribution < 1.29 is 14.3 Å². The van der Waals surface area contributed by atoms with E-state index in [1.54, 1.807) is 24.3 Å². The maximum Gasteiger partial charge on any atom is 0.338 e. The van der Waals surface area contributed by atoms with Crippen molar-refractivity contribution in [2.45, 2.75) is 20.8 Å². The Hall–Kier alpha value is -1.64. The molecule has 0 unspecified atom stereocenters. The maximum absolute atomic E-state index is 11.7. The molecule has 0 saturated heterocycles. The first-order chi connectivity index (χ1) is 7.52. The fraction of sp³-hybridized carbons (Fsp3) is 0.385. The maximum atomic E-state index is 11.7. The van der Waals surface area contributed by atoms with Crippen LogP contribution in [0.25, 0.3) is 0 Å². The molecule has 0 aliphatic rings. The van der Waals surface area contributed by atoms with Crippen molar-refractivity contribution in [3.63, 3.8) is 0 Å². The summed E-state index contributed by atoms with van der Waals surface area (Å²) in [6.45, 7) is 5.73. The molecule has 0 spiro atoms. The van der Waals surface area contributed by atoms with E-state index in [0.717, 1.165) is 0 Å². The van der Waals surface area contributed by atoms with Gasteiger partial charge in [-0.3, -0.25) is 4.79 Å². The predicted molar refractivity (Wildman–Crippen MR) is 61.6 cm³/mol. The summed E-state index contributed by atoms with van der Waals surface area (Å²) in [6.07, 6.45) is 0. The molecular weight excluding hydrogens is 204 g/mol. The van der Waals surface area contributed by atoms with E-state index < -0.39 is 5.97 Å². The lowest BCUT2D eigenvalue weighted by atomic mass is 10.0. The summed E-state index contributed by atoms with van der Waals surface area (Å²) in [5, 5.41) is 0. The minimum absolute atomic E-state index is 0.128. The molecule has 0 aromatic heterocycles. The molecule has 1 aromatic rings. The number of carbonyl (C=O) groups excluding carboxylic acids is 2. The SMILES string of the molecule is CC(=O)c1ccccc1C(=O)OCC(C)C. The first kappa shape index (κ1) is 12.4. The van der Waals surface area contributed by atoms with Crippen LogP contribution < -0.4 is 0 Å². The molecule has 86 valence electrons. The first-order valence-electron chi connectivity index (χ1n) is 5.29. The van der Waals surface area contributed by atoms with E-state index in [4.69, 9.17) is 4.74 Å². The molecule has 0 radical (unpaired) electrons. The Morgan fingerprint density at radius 1 is 1.19 bits per heavy atom. The summed E-state index contributed by atoms with van der Waals surface area (Å²) in [6, 6.07) is 6.70. The summed E-state index contributed by atoms with van der Waals surface area (Å²) >= 11 is 0. The van der Waals surface area contributed by atoms with Gasteiger partial charge in [0.1, 0.15) is 0 Å². The number of esters is 1. The molecule has 0 N–H and O–H groups in total. The Balaban J connectivity index is 2.86. The van der Waals surface area contributed by atoms with Gasteiger partial charge in [0.2, 0.25) is 0 Å². The van der Waals surface area contributed by atoms with Gasteiger partial charge in [0.15, 0.2) is 5.78 Å². The van der Waals surface area contributed by atoms with Crippen LogP contribution in [0.3, 0.4) is 0 Å². The molecule has 0 saturated carbocycles.